The molecule has 4 saturated carbocycles. The molecule has 1 aromatic rings. The molecule has 6 rings (SSSR count). The maximum Gasteiger partial charge on any atom is 0.498 e. The van der Waals surface area contributed by atoms with Crippen LogP contribution < -0.4 is 5.46 Å². The summed E-state index contributed by atoms with van der Waals surface area (Å²) < 4.78 is 27.3. The van der Waals surface area contributed by atoms with Gasteiger partial charge < -0.3 is 23.7 Å². The van der Waals surface area contributed by atoms with Crippen molar-refractivity contribution in [2.24, 2.45) is 16.2 Å². The zero-order valence-electron chi connectivity index (χ0n) is 26.9. The standard InChI is InChI=1S/C31H52BN3O5/c1-22-23(32-39-26(5,6)27(7,8)40-32)14-33-35(22)21-30-16-28(9)15-29(10,17-30)19-31(18-28,20-30)37-13-12-34(11)24(36)38-25(2,3)4/h14H,12-13,15-21H2,1-11H3. The number of carbonyl (C=O) groups is 1. The molecule has 0 radical (unpaired) electrons. The zero-order chi connectivity index (χ0) is 29.6. The molecule has 2 heterocycles. The van der Waals surface area contributed by atoms with Gasteiger partial charge in [0, 0.05) is 37.5 Å². The van der Waals surface area contributed by atoms with Gasteiger partial charge in [-0.1, -0.05) is 13.8 Å². The van der Waals surface area contributed by atoms with E-state index in [1.165, 1.54) is 19.3 Å². The van der Waals surface area contributed by atoms with Crippen LogP contribution in [0.1, 0.15) is 107 Å². The fourth-order valence-corrected chi connectivity index (χ4v) is 9.12. The maximum absolute atomic E-state index is 12.5. The van der Waals surface area contributed by atoms with E-state index in [1.54, 1.807) is 11.9 Å². The Hall–Kier alpha value is -1.58. The Balaban J connectivity index is 1.32. The number of aromatic nitrogens is 2. The highest BCUT2D eigenvalue weighted by atomic mass is 16.7. The molecule has 2 atom stereocenters. The van der Waals surface area contributed by atoms with Crippen LogP contribution in [0.5, 0.6) is 0 Å². The van der Waals surface area contributed by atoms with Crippen LogP contribution in [-0.2, 0) is 25.3 Å². The number of rotatable bonds is 7. The molecular weight excluding hydrogens is 505 g/mol. The third-order valence-electron chi connectivity index (χ3n) is 10.3. The minimum atomic E-state index is -0.505. The first-order valence-corrected chi connectivity index (χ1v) is 15.1. The van der Waals surface area contributed by atoms with Gasteiger partial charge in [-0.2, -0.15) is 5.10 Å². The van der Waals surface area contributed by atoms with Crippen molar-refractivity contribution in [1.82, 2.24) is 14.7 Å². The smallest absolute Gasteiger partial charge is 0.444 e. The third-order valence-corrected chi connectivity index (χ3v) is 10.3. The van der Waals surface area contributed by atoms with E-state index in [9.17, 15) is 4.79 Å². The molecule has 4 bridgehead atoms. The lowest BCUT2D eigenvalue weighted by Gasteiger charge is -2.69. The molecule has 1 aliphatic heterocycles. The largest absolute Gasteiger partial charge is 0.498 e. The molecule has 5 fully saturated rings. The van der Waals surface area contributed by atoms with E-state index in [4.69, 9.17) is 23.9 Å². The second-order valence-electron chi connectivity index (χ2n) is 16.5. The van der Waals surface area contributed by atoms with Gasteiger partial charge >= 0.3 is 13.2 Å². The van der Waals surface area contributed by atoms with Gasteiger partial charge in [-0.15, -0.1) is 0 Å². The van der Waals surface area contributed by atoms with Gasteiger partial charge in [-0.25, -0.2) is 4.79 Å². The van der Waals surface area contributed by atoms with Crippen LogP contribution in [0.2, 0.25) is 0 Å². The molecule has 4 aliphatic carbocycles. The topological polar surface area (TPSA) is 75.1 Å². The van der Waals surface area contributed by atoms with E-state index in [-0.39, 0.29) is 39.1 Å². The van der Waals surface area contributed by atoms with Gasteiger partial charge in [0.25, 0.3) is 0 Å². The van der Waals surface area contributed by atoms with E-state index in [2.05, 4.69) is 53.1 Å². The summed E-state index contributed by atoms with van der Waals surface area (Å²) in [5, 5.41) is 4.89. The Kier molecular flexibility index (Phi) is 6.89. The lowest BCUT2D eigenvalue weighted by Crippen LogP contribution is -2.64. The lowest BCUT2D eigenvalue weighted by molar-refractivity contribution is -0.248. The van der Waals surface area contributed by atoms with Crippen molar-refractivity contribution in [2.45, 2.75) is 137 Å². The van der Waals surface area contributed by atoms with E-state index in [1.807, 2.05) is 27.0 Å². The monoisotopic (exact) mass is 557 g/mol. The van der Waals surface area contributed by atoms with Crippen LogP contribution in [0.15, 0.2) is 6.20 Å². The van der Waals surface area contributed by atoms with E-state index in [0.29, 0.717) is 13.2 Å². The lowest BCUT2D eigenvalue weighted by atomic mass is 9.39. The van der Waals surface area contributed by atoms with Gasteiger partial charge in [-0.3, -0.25) is 4.68 Å². The molecule has 224 valence electrons. The summed E-state index contributed by atoms with van der Waals surface area (Å²) in [4.78, 5) is 14.1. The fraction of sp³-hybridized carbons (Fsp3) is 0.871. The highest BCUT2D eigenvalue weighted by molar-refractivity contribution is 6.62. The average Bonchev–Trinajstić information content (AvgIpc) is 3.18. The Bertz CT molecular complexity index is 1120. The third kappa shape index (κ3) is 5.47. The highest BCUT2D eigenvalue weighted by Gasteiger charge is 2.66. The molecule has 8 nitrogen and oxygen atoms in total. The molecule has 2 unspecified atom stereocenters. The second-order valence-corrected chi connectivity index (χ2v) is 16.5. The molecule has 0 spiro atoms. The summed E-state index contributed by atoms with van der Waals surface area (Å²) in [5.74, 6) is 0. The van der Waals surface area contributed by atoms with Gasteiger partial charge in [0.2, 0.25) is 0 Å². The zero-order valence-corrected chi connectivity index (χ0v) is 26.9. The molecule has 0 N–H and O–H groups in total. The second kappa shape index (κ2) is 9.21. The molecular formula is C31H52BN3O5. The van der Waals surface area contributed by atoms with E-state index in [0.717, 1.165) is 37.0 Å². The number of amides is 1. The summed E-state index contributed by atoms with van der Waals surface area (Å²) in [7, 11) is 1.39. The first kappa shape index (κ1) is 29.9. The number of nitrogens with zero attached hydrogens (tertiary/aromatic N) is 3. The first-order chi connectivity index (χ1) is 18.2. The van der Waals surface area contributed by atoms with Crippen molar-refractivity contribution in [1.29, 1.82) is 0 Å². The van der Waals surface area contributed by atoms with Crippen LogP contribution >= 0.6 is 0 Å². The normalized spacial score (nSPS) is 35.8. The van der Waals surface area contributed by atoms with Gasteiger partial charge in [0.1, 0.15) is 5.60 Å². The Labute approximate surface area is 242 Å². The molecule has 5 aliphatic rings. The number of likely N-dealkylation sites (N-methyl/N-ethyl adjacent to an activating group) is 1. The molecule has 0 aromatic carbocycles. The van der Waals surface area contributed by atoms with Crippen molar-refractivity contribution in [3.05, 3.63) is 11.9 Å². The van der Waals surface area contributed by atoms with Crippen LogP contribution in [0.3, 0.4) is 0 Å². The SMILES string of the molecule is Cc1c(B2OC(C)(C)C(C)(C)O2)cnn1CC12CC3(C)CC(C)(C1)CC(OCCN(C)C(=O)OC(C)(C)C)(C3)C2. The average molecular weight is 558 g/mol. The molecule has 40 heavy (non-hydrogen) atoms. The molecule has 1 aromatic heterocycles. The van der Waals surface area contributed by atoms with Crippen molar-refractivity contribution in [3.63, 3.8) is 0 Å². The van der Waals surface area contributed by atoms with Gasteiger partial charge in [0.05, 0.1) is 23.4 Å². The Morgan fingerprint density at radius 2 is 1.57 bits per heavy atom. The van der Waals surface area contributed by atoms with Crippen LogP contribution in [0.4, 0.5) is 4.79 Å². The number of ether oxygens (including phenoxy) is 2. The van der Waals surface area contributed by atoms with Crippen LogP contribution in [0.25, 0.3) is 0 Å². The number of hydrogen-bond acceptors (Lipinski definition) is 6. The minimum absolute atomic E-state index is 0.124. The molecule has 1 amide bonds. The van der Waals surface area contributed by atoms with Crippen molar-refractivity contribution >= 4 is 18.7 Å². The molecule has 1 saturated heterocycles. The van der Waals surface area contributed by atoms with Gasteiger partial charge in [0.15, 0.2) is 0 Å². The predicted molar refractivity (Wildman–Crippen MR) is 157 cm³/mol. The summed E-state index contributed by atoms with van der Waals surface area (Å²) in [6.07, 6.45) is 8.50. The number of hydrogen-bond donors (Lipinski definition) is 0. The number of carbonyl (C=O) groups excluding carboxylic acids is 1. The van der Waals surface area contributed by atoms with Gasteiger partial charge in [-0.05, 0) is 110 Å². The van der Waals surface area contributed by atoms with Crippen molar-refractivity contribution in [2.75, 3.05) is 20.2 Å². The van der Waals surface area contributed by atoms with E-state index >= 15 is 0 Å². The van der Waals surface area contributed by atoms with E-state index < -0.39 is 12.7 Å². The van der Waals surface area contributed by atoms with Crippen LogP contribution in [-0.4, -0.2) is 70.5 Å². The van der Waals surface area contributed by atoms with Crippen molar-refractivity contribution < 1.29 is 23.6 Å². The quantitative estimate of drug-likeness (QED) is 0.413. The maximum atomic E-state index is 12.5. The fourth-order valence-electron chi connectivity index (χ4n) is 9.12. The molecule has 9 heteroatoms. The summed E-state index contributed by atoms with van der Waals surface area (Å²) >= 11 is 0. The summed E-state index contributed by atoms with van der Waals surface area (Å²) in [6.45, 7) is 23.1. The summed E-state index contributed by atoms with van der Waals surface area (Å²) in [6, 6.07) is 0. The minimum Gasteiger partial charge on any atom is -0.444 e. The first-order valence-electron chi connectivity index (χ1n) is 15.1. The van der Waals surface area contributed by atoms with Crippen molar-refractivity contribution in [3.8, 4) is 0 Å². The highest BCUT2D eigenvalue weighted by Crippen LogP contribution is 2.72. The Morgan fingerprint density at radius 1 is 1.00 bits per heavy atom. The van der Waals surface area contributed by atoms with Crippen LogP contribution in [0, 0.1) is 23.2 Å². The summed E-state index contributed by atoms with van der Waals surface area (Å²) in [5.41, 5.74) is 1.34. The Morgan fingerprint density at radius 3 is 2.12 bits per heavy atom. The predicted octanol–water partition coefficient (Wildman–Crippen LogP) is 5.49.